The second-order valence-electron chi connectivity index (χ2n) is 4.10. The first kappa shape index (κ1) is 14.0. The standard InChI is InChI=1S/C14H10BrClFNO/c1-8-4-9(6-10(15)5-8)14(19)18-13-3-2-11(16)7-12(13)17/h2-7H,1H3,(H,18,19). The smallest absolute Gasteiger partial charge is 0.255 e. The molecule has 0 spiro atoms. The van der Waals surface area contributed by atoms with Crippen LogP contribution in [0.3, 0.4) is 0 Å². The molecule has 1 amide bonds. The zero-order valence-electron chi connectivity index (χ0n) is 10.0. The summed E-state index contributed by atoms with van der Waals surface area (Å²) in [5, 5.41) is 2.80. The molecule has 5 heteroatoms. The van der Waals surface area contributed by atoms with E-state index in [9.17, 15) is 9.18 Å². The molecule has 0 atom stereocenters. The zero-order valence-corrected chi connectivity index (χ0v) is 12.3. The predicted molar refractivity (Wildman–Crippen MR) is 78.2 cm³/mol. The Morgan fingerprint density at radius 1 is 1.26 bits per heavy atom. The lowest BCUT2D eigenvalue weighted by Crippen LogP contribution is -2.13. The van der Waals surface area contributed by atoms with E-state index in [0.717, 1.165) is 16.1 Å². The summed E-state index contributed by atoms with van der Waals surface area (Å²) >= 11 is 8.97. The minimum Gasteiger partial charge on any atom is -0.319 e. The summed E-state index contributed by atoms with van der Waals surface area (Å²) in [6, 6.07) is 9.40. The van der Waals surface area contributed by atoms with E-state index >= 15 is 0 Å². The van der Waals surface area contributed by atoms with E-state index in [1.165, 1.54) is 12.1 Å². The number of rotatable bonds is 2. The number of aryl methyl sites for hydroxylation is 1. The van der Waals surface area contributed by atoms with E-state index in [2.05, 4.69) is 21.2 Å². The fourth-order valence-electron chi connectivity index (χ4n) is 1.65. The molecule has 2 aromatic carbocycles. The van der Waals surface area contributed by atoms with Gasteiger partial charge in [-0.05, 0) is 48.9 Å². The normalized spacial score (nSPS) is 10.3. The van der Waals surface area contributed by atoms with Gasteiger partial charge in [-0.3, -0.25) is 4.79 Å². The van der Waals surface area contributed by atoms with Crippen LogP contribution in [0.5, 0.6) is 0 Å². The number of benzene rings is 2. The van der Waals surface area contributed by atoms with E-state index in [1.807, 2.05) is 13.0 Å². The average molecular weight is 343 g/mol. The zero-order chi connectivity index (χ0) is 14.0. The van der Waals surface area contributed by atoms with Gasteiger partial charge in [-0.1, -0.05) is 27.5 Å². The summed E-state index contributed by atoms with van der Waals surface area (Å²) in [6.07, 6.45) is 0. The highest BCUT2D eigenvalue weighted by Crippen LogP contribution is 2.21. The van der Waals surface area contributed by atoms with Gasteiger partial charge in [0.15, 0.2) is 0 Å². The van der Waals surface area contributed by atoms with Gasteiger partial charge in [-0.15, -0.1) is 0 Å². The van der Waals surface area contributed by atoms with Crippen LogP contribution in [0.15, 0.2) is 40.9 Å². The maximum atomic E-state index is 13.6. The Bertz CT molecular complexity index is 625. The van der Waals surface area contributed by atoms with Crippen LogP contribution in [-0.2, 0) is 0 Å². The third-order valence-electron chi connectivity index (χ3n) is 2.48. The molecule has 0 aliphatic rings. The van der Waals surface area contributed by atoms with E-state index in [1.54, 1.807) is 12.1 Å². The third kappa shape index (κ3) is 3.55. The lowest BCUT2D eigenvalue weighted by atomic mass is 10.1. The van der Waals surface area contributed by atoms with Gasteiger partial charge >= 0.3 is 0 Å². The molecule has 2 nitrogen and oxygen atoms in total. The molecule has 2 rings (SSSR count). The molecule has 1 N–H and O–H groups in total. The fourth-order valence-corrected chi connectivity index (χ4v) is 2.42. The van der Waals surface area contributed by atoms with Crippen LogP contribution in [0.2, 0.25) is 5.02 Å². The Kier molecular flexibility index (Phi) is 4.22. The van der Waals surface area contributed by atoms with Gasteiger partial charge < -0.3 is 5.32 Å². The Morgan fingerprint density at radius 3 is 2.63 bits per heavy atom. The topological polar surface area (TPSA) is 29.1 Å². The van der Waals surface area contributed by atoms with Crippen LogP contribution in [-0.4, -0.2) is 5.91 Å². The van der Waals surface area contributed by atoms with Gasteiger partial charge in [0.05, 0.1) is 5.69 Å². The highest BCUT2D eigenvalue weighted by molar-refractivity contribution is 9.10. The molecular formula is C14H10BrClFNO. The molecule has 19 heavy (non-hydrogen) atoms. The van der Waals surface area contributed by atoms with Crippen LogP contribution in [0, 0.1) is 12.7 Å². The maximum Gasteiger partial charge on any atom is 0.255 e. The summed E-state index contributed by atoms with van der Waals surface area (Å²) in [6.45, 7) is 1.88. The minimum atomic E-state index is -0.562. The summed E-state index contributed by atoms with van der Waals surface area (Å²) in [5.74, 6) is -0.932. The van der Waals surface area contributed by atoms with Crippen LogP contribution in [0.1, 0.15) is 15.9 Å². The Hall–Kier alpha value is -1.39. The van der Waals surface area contributed by atoms with Crippen LogP contribution >= 0.6 is 27.5 Å². The number of amides is 1. The number of hydrogen-bond acceptors (Lipinski definition) is 1. The lowest BCUT2D eigenvalue weighted by molar-refractivity contribution is 0.102. The van der Waals surface area contributed by atoms with Crippen LogP contribution < -0.4 is 5.32 Å². The van der Waals surface area contributed by atoms with Crippen molar-refractivity contribution in [2.24, 2.45) is 0 Å². The number of carbonyl (C=O) groups excluding carboxylic acids is 1. The molecular weight excluding hydrogens is 333 g/mol. The largest absolute Gasteiger partial charge is 0.319 e. The van der Waals surface area contributed by atoms with Crippen molar-refractivity contribution in [3.05, 3.63) is 62.8 Å². The van der Waals surface area contributed by atoms with E-state index < -0.39 is 5.82 Å². The van der Waals surface area contributed by atoms with Gasteiger partial charge in [0, 0.05) is 15.1 Å². The van der Waals surface area contributed by atoms with Crippen molar-refractivity contribution in [2.75, 3.05) is 5.32 Å². The van der Waals surface area contributed by atoms with Gasteiger partial charge in [-0.25, -0.2) is 4.39 Å². The second kappa shape index (κ2) is 5.72. The van der Waals surface area contributed by atoms with Crippen molar-refractivity contribution >= 4 is 39.1 Å². The van der Waals surface area contributed by atoms with Crippen molar-refractivity contribution in [3.8, 4) is 0 Å². The molecule has 2 aromatic rings. The number of hydrogen-bond donors (Lipinski definition) is 1. The van der Waals surface area contributed by atoms with Gasteiger partial charge in [0.25, 0.3) is 5.91 Å². The summed E-state index contributed by atoms with van der Waals surface area (Å²) in [7, 11) is 0. The number of carbonyl (C=O) groups is 1. The summed E-state index contributed by atoms with van der Waals surface area (Å²) in [5.41, 5.74) is 1.50. The molecule has 98 valence electrons. The Labute approximate surface area is 123 Å². The second-order valence-corrected chi connectivity index (χ2v) is 5.45. The van der Waals surface area contributed by atoms with E-state index in [0.29, 0.717) is 5.56 Å². The third-order valence-corrected chi connectivity index (χ3v) is 3.18. The minimum absolute atomic E-state index is 0.104. The number of nitrogens with one attached hydrogen (secondary N) is 1. The molecule has 0 bridgehead atoms. The predicted octanol–water partition coefficient (Wildman–Crippen LogP) is 4.80. The first-order valence-electron chi connectivity index (χ1n) is 5.49. The van der Waals surface area contributed by atoms with Crippen LogP contribution in [0.4, 0.5) is 10.1 Å². The van der Waals surface area contributed by atoms with Gasteiger partial charge in [0.1, 0.15) is 5.82 Å². The summed E-state index contributed by atoms with van der Waals surface area (Å²) < 4.78 is 14.4. The Balaban J connectivity index is 2.25. The molecule has 0 aliphatic carbocycles. The highest BCUT2D eigenvalue weighted by atomic mass is 79.9. The molecule has 0 aliphatic heterocycles. The van der Waals surface area contributed by atoms with Gasteiger partial charge in [-0.2, -0.15) is 0 Å². The molecule has 0 aromatic heterocycles. The van der Waals surface area contributed by atoms with Gasteiger partial charge in [0.2, 0.25) is 0 Å². The van der Waals surface area contributed by atoms with Crippen molar-refractivity contribution in [1.29, 1.82) is 0 Å². The molecule has 0 unspecified atom stereocenters. The van der Waals surface area contributed by atoms with Crippen LogP contribution in [0.25, 0.3) is 0 Å². The first-order valence-corrected chi connectivity index (χ1v) is 6.66. The molecule has 0 fully saturated rings. The quantitative estimate of drug-likeness (QED) is 0.834. The molecule has 0 saturated heterocycles. The summed E-state index contributed by atoms with van der Waals surface area (Å²) in [4.78, 5) is 12.0. The number of halogens is 3. The maximum absolute atomic E-state index is 13.6. The van der Waals surface area contributed by atoms with Crippen molar-refractivity contribution < 1.29 is 9.18 Å². The monoisotopic (exact) mass is 341 g/mol. The van der Waals surface area contributed by atoms with E-state index in [-0.39, 0.29) is 16.6 Å². The molecule has 0 heterocycles. The SMILES string of the molecule is Cc1cc(Br)cc(C(=O)Nc2ccc(Cl)cc2F)c1. The van der Waals surface area contributed by atoms with Crippen molar-refractivity contribution in [1.82, 2.24) is 0 Å². The average Bonchev–Trinajstić information content (AvgIpc) is 2.31. The highest BCUT2D eigenvalue weighted by Gasteiger charge is 2.10. The first-order chi connectivity index (χ1) is 8.95. The van der Waals surface area contributed by atoms with Crippen molar-refractivity contribution in [2.45, 2.75) is 6.92 Å². The lowest BCUT2D eigenvalue weighted by Gasteiger charge is -2.08. The molecule has 0 radical (unpaired) electrons. The van der Waals surface area contributed by atoms with E-state index in [4.69, 9.17) is 11.6 Å². The fraction of sp³-hybridized carbons (Fsp3) is 0.0714. The Morgan fingerprint density at radius 2 is 2.00 bits per heavy atom. The molecule has 0 saturated carbocycles. The number of anilines is 1. The van der Waals surface area contributed by atoms with Crippen molar-refractivity contribution in [3.63, 3.8) is 0 Å².